The second-order valence-corrected chi connectivity index (χ2v) is 5.06. The predicted molar refractivity (Wildman–Crippen MR) is 75.1 cm³/mol. The second-order valence-electron chi connectivity index (χ2n) is 3.77. The number of halogens is 2. The summed E-state index contributed by atoms with van der Waals surface area (Å²) >= 11 is 9.33. The third-order valence-corrected chi connectivity index (χ3v) is 3.55. The highest BCUT2D eigenvalue weighted by Gasteiger charge is 2.06. The van der Waals surface area contributed by atoms with Gasteiger partial charge in [0.05, 0.1) is 5.56 Å². The van der Waals surface area contributed by atoms with E-state index >= 15 is 0 Å². The van der Waals surface area contributed by atoms with Crippen molar-refractivity contribution >= 4 is 27.5 Å². The second kappa shape index (κ2) is 5.43. The fourth-order valence-corrected chi connectivity index (χ4v) is 1.89. The number of nitrogens with zero attached hydrogens (tertiary/aromatic N) is 1. The Morgan fingerprint density at radius 3 is 2.67 bits per heavy atom. The average Bonchev–Trinajstić information content (AvgIpc) is 2.34. The highest BCUT2D eigenvalue weighted by molar-refractivity contribution is 9.10. The Balaban J connectivity index is 2.36. The highest BCUT2D eigenvalue weighted by Crippen LogP contribution is 2.30. The van der Waals surface area contributed by atoms with E-state index in [0.717, 1.165) is 10.0 Å². The zero-order chi connectivity index (χ0) is 13.1. The van der Waals surface area contributed by atoms with Crippen molar-refractivity contribution in [2.24, 2.45) is 0 Å². The first-order valence-corrected chi connectivity index (χ1v) is 6.41. The van der Waals surface area contributed by atoms with Crippen molar-refractivity contribution in [3.8, 4) is 17.6 Å². The SMILES string of the molecule is Cc1cc(Oc2cc(Cl)ccc2C#N)ccc1Br. The first kappa shape index (κ1) is 12.9. The Kier molecular flexibility index (Phi) is 3.90. The minimum absolute atomic E-state index is 0.458. The van der Waals surface area contributed by atoms with Crippen molar-refractivity contribution in [1.29, 1.82) is 5.26 Å². The van der Waals surface area contributed by atoms with Gasteiger partial charge in [0.1, 0.15) is 17.6 Å². The summed E-state index contributed by atoms with van der Waals surface area (Å²) in [6.45, 7) is 1.97. The molecule has 0 aliphatic heterocycles. The minimum atomic E-state index is 0.458. The van der Waals surface area contributed by atoms with Crippen LogP contribution in [0.4, 0.5) is 0 Å². The maximum atomic E-state index is 9.01. The molecule has 0 aliphatic rings. The zero-order valence-corrected chi connectivity index (χ0v) is 11.9. The topological polar surface area (TPSA) is 33.0 Å². The first-order valence-electron chi connectivity index (χ1n) is 5.24. The molecule has 0 spiro atoms. The molecule has 0 amide bonds. The number of rotatable bonds is 2. The van der Waals surface area contributed by atoms with E-state index in [0.29, 0.717) is 22.1 Å². The van der Waals surface area contributed by atoms with Gasteiger partial charge in [0.25, 0.3) is 0 Å². The van der Waals surface area contributed by atoms with E-state index in [1.807, 2.05) is 25.1 Å². The zero-order valence-electron chi connectivity index (χ0n) is 9.58. The summed E-state index contributed by atoms with van der Waals surface area (Å²) in [4.78, 5) is 0. The largest absolute Gasteiger partial charge is 0.456 e. The van der Waals surface area contributed by atoms with Crippen LogP contribution in [0, 0.1) is 18.3 Å². The summed E-state index contributed by atoms with van der Waals surface area (Å²) < 4.78 is 6.70. The Bertz CT molecular complexity index is 634. The fourth-order valence-electron chi connectivity index (χ4n) is 1.48. The molecule has 0 saturated heterocycles. The molecule has 0 bridgehead atoms. The molecular weight excluding hydrogens is 314 g/mol. The number of aryl methyl sites for hydroxylation is 1. The van der Waals surface area contributed by atoms with Gasteiger partial charge in [-0.15, -0.1) is 0 Å². The molecule has 2 aromatic rings. The van der Waals surface area contributed by atoms with Crippen molar-refractivity contribution in [1.82, 2.24) is 0 Å². The number of ether oxygens (including phenoxy) is 1. The molecule has 0 unspecified atom stereocenters. The van der Waals surface area contributed by atoms with Gasteiger partial charge in [0.2, 0.25) is 0 Å². The van der Waals surface area contributed by atoms with E-state index in [4.69, 9.17) is 21.6 Å². The molecule has 0 heterocycles. The lowest BCUT2D eigenvalue weighted by atomic mass is 10.2. The Hall–Kier alpha value is -1.50. The Morgan fingerprint density at radius 2 is 2.00 bits per heavy atom. The molecule has 0 fully saturated rings. The molecule has 2 nitrogen and oxygen atoms in total. The van der Waals surface area contributed by atoms with Gasteiger partial charge in [-0.3, -0.25) is 0 Å². The van der Waals surface area contributed by atoms with Crippen LogP contribution >= 0.6 is 27.5 Å². The molecule has 2 rings (SSSR count). The third kappa shape index (κ3) is 2.84. The summed E-state index contributed by atoms with van der Waals surface area (Å²) in [7, 11) is 0. The quantitative estimate of drug-likeness (QED) is 0.773. The summed E-state index contributed by atoms with van der Waals surface area (Å²) in [5.74, 6) is 1.14. The maximum absolute atomic E-state index is 9.01. The number of benzene rings is 2. The van der Waals surface area contributed by atoms with Crippen molar-refractivity contribution in [3.63, 3.8) is 0 Å². The van der Waals surface area contributed by atoms with E-state index in [2.05, 4.69) is 22.0 Å². The molecule has 0 saturated carbocycles. The van der Waals surface area contributed by atoms with Crippen LogP contribution < -0.4 is 4.74 Å². The van der Waals surface area contributed by atoms with E-state index in [-0.39, 0.29) is 0 Å². The molecule has 2 aromatic carbocycles. The molecule has 0 aromatic heterocycles. The van der Waals surface area contributed by atoms with Crippen LogP contribution in [-0.4, -0.2) is 0 Å². The van der Waals surface area contributed by atoms with Crippen LogP contribution in [0.1, 0.15) is 11.1 Å². The van der Waals surface area contributed by atoms with Gasteiger partial charge in [-0.1, -0.05) is 27.5 Å². The van der Waals surface area contributed by atoms with Gasteiger partial charge >= 0.3 is 0 Å². The smallest absolute Gasteiger partial charge is 0.146 e. The summed E-state index contributed by atoms with van der Waals surface area (Å²) in [6.07, 6.45) is 0. The first-order chi connectivity index (χ1) is 8.60. The van der Waals surface area contributed by atoms with Gasteiger partial charge in [-0.05, 0) is 42.8 Å². The van der Waals surface area contributed by atoms with E-state index in [1.165, 1.54) is 0 Å². The van der Waals surface area contributed by atoms with Gasteiger partial charge in [-0.2, -0.15) is 5.26 Å². The third-order valence-electron chi connectivity index (χ3n) is 2.42. The molecule has 4 heteroatoms. The number of hydrogen-bond donors (Lipinski definition) is 0. The van der Waals surface area contributed by atoms with Crippen molar-refractivity contribution in [2.75, 3.05) is 0 Å². The van der Waals surface area contributed by atoms with Gasteiger partial charge in [0, 0.05) is 15.6 Å². The normalized spacial score (nSPS) is 9.89. The van der Waals surface area contributed by atoms with Crippen LogP contribution in [-0.2, 0) is 0 Å². The van der Waals surface area contributed by atoms with Crippen LogP contribution in [0.5, 0.6) is 11.5 Å². The molecule has 0 aliphatic carbocycles. The van der Waals surface area contributed by atoms with Crippen LogP contribution in [0.25, 0.3) is 0 Å². The number of nitriles is 1. The molecule has 0 radical (unpaired) electrons. The molecular formula is C14H9BrClNO. The molecule has 90 valence electrons. The lowest BCUT2D eigenvalue weighted by Crippen LogP contribution is -1.89. The minimum Gasteiger partial charge on any atom is -0.456 e. The maximum Gasteiger partial charge on any atom is 0.146 e. The average molecular weight is 323 g/mol. The number of hydrogen-bond acceptors (Lipinski definition) is 2. The van der Waals surface area contributed by atoms with Gasteiger partial charge in [0.15, 0.2) is 0 Å². The predicted octanol–water partition coefficient (Wildman–Crippen LogP) is 5.07. The van der Waals surface area contributed by atoms with Gasteiger partial charge < -0.3 is 4.74 Å². The molecule has 0 N–H and O–H groups in total. The summed E-state index contributed by atoms with van der Waals surface area (Å²) in [5.41, 5.74) is 1.52. The van der Waals surface area contributed by atoms with E-state index in [9.17, 15) is 0 Å². The fraction of sp³-hybridized carbons (Fsp3) is 0.0714. The Labute approximate surface area is 119 Å². The van der Waals surface area contributed by atoms with Crippen LogP contribution in [0.2, 0.25) is 5.02 Å². The molecule has 0 atom stereocenters. The Morgan fingerprint density at radius 1 is 1.22 bits per heavy atom. The van der Waals surface area contributed by atoms with Crippen molar-refractivity contribution < 1.29 is 4.74 Å². The van der Waals surface area contributed by atoms with Crippen LogP contribution in [0.3, 0.4) is 0 Å². The molecule has 18 heavy (non-hydrogen) atoms. The summed E-state index contributed by atoms with van der Waals surface area (Å²) in [5, 5.41) is 9.55. The lowest BCUT2D eigenvalue weighted by molar-refractivity contribution is 0.480. The van der Waals surface area contributed by atoms with E-state index in [1.54, 1.807) is 18.2 Å². The lowest BCUT2D eigenvalue weighted by Gasteiger charge is -2.09. The summed E-state index contributed by atoms with van der Waals surface area (Å²) in [6, 6.07) is 12.7. The van der Waals surface area contributed by atoms with Crippen molar-refractivity contribution in [3.05, 3.63) is 57.0 Å². The highest BCUT2D eigenvalue weighted by atomic mass is 79.9. The van der Waals surface area contributed by atoms with Crippen LogP contribution in [0.15, 0.2) is 40.9 Å². The standard InChI is InChI=1S/C14H9BrClNO/c1-9-6-12(4-5-13(9)15)18-14-7-11(16)3-2-10(14)8-17/h2-7H,1H3. The monoisotopic (exact) mass is 321 g/mol. The van der Waals surface area contributed by atoms with E-state index < -0.39 is 0 Å². The van der Waals surface area contributed by atoms with Crippen molar-refractivity contribution in [2.45, 2.75) is 6.92 Å². The van der Waals surface area contributed by atoms with Gasteiger partial charge in [-0.25, -0.2) is 0 Å².